The molecule has 0 aromatic heterocycles. The monoisotopic (exact) mass is 362 g/mol. The SMILES string of the molecule is O=C1Nc2cc(Br)ccc2/C1=C1/Nc2ccccc2/C1=N\O.[Li]. The van der Waals surface area contributed by atoms with Gasteiger partial charge in [-0.25, -0.2) is 0 Å². The average molecular weight is 363 g/mol. The van der Waals surface area contributed by atoms with Crippen LogP contribution in [-0.4, -0.2) is 35.7 Å². The van der Waals surface area contributed by atoms with E-state index in [0.717, 1.165) is 27.0 Å². The van der Waals surface area contributed by atoms with Crippen LogP contribution >= 0.6 is 15.9 Å². The zero-order chi connectivity index (χ0) is 15.3. The number of rotatable bonds is 0. The maximum atomic E-state index is 12.4. The first-order valence-corrected chi connectivity index (χ1v) is 7.43. The Hall–Kier alpha value is -2.00. The summed E-state index contributed by atoms with van der Waals surface area (Å²) in [6.07, 6.45) is 0. The number of hydrogen-bond donors (Lipinski definition) is 3. The van der Waals surface area contributed by atoms with E-state index in [1.807, 2.05) is 42.5 Å². The molecule has 0 atom stereocenters. The molecular formula is C16H10BrLiN3O2. The predicted octanol–water partition coefficient (Wildman–Crippen LogP) is 3.04. The third-order valence-electron chi connectivity index (χ3n) is 3.75. The van der Waals surface area contributed by atoms with E-state index in [2.05, 4.69) is 31.7 Å². The second-order valence-electron chi connectivity index (χ2n) is 5.01. The van der Waals surface area contributed by atoms with Crippen molar-refractivity contribution in [2.45, 2.75) is 0 Å². The third kappa shape index (κ3) is 2.40. The number of allylic oxidation sites excluding steroid dienone is 1. The van der Waals surface area contributed by atoms with Gasteiger partial charge in [-0.15, -0.1) is 0 Å². The quantitative estimate of drug-likeness (QED) is 0.292. The van der Waals surface area contributed by atoms with Gasteiger partial charge >= 0.3 is 0 Å². The molecule has 2 heterocycles. The summed E-state index contributed by atoms with van der Waals surface area (Å²) in [4.78, 5) is 12.4. The molecule has 2 aliphatic heterocycles. The van der Waals surface area contributed by atoms with Crippen molar-refractivity contribution in [3.63, 3.8) is 0 Å². The van der Waals surface area contributed by atoms with Crippen LogP contribution in [0.2, 0.25) is 0 Å². The summed E-state index contributed by atoms with van der Waals surface area (Å²) in [6, 6.07) is 13.0. The summed E-state index contributed by atoms with van der Waals surface area (Å²) >= 11 is 3.39. The van der Waals surface area contributed by atoms with Crippen LogP contribution in [0.3, 0.4) is 0 Å². The minimum atomic E-state index is -0.218. The molecule has 1 radical (unpaired) electrons. The number of nitrogens with zero attached hydrogens (tertiary/aromatic N) is 1. The number of nitrogens with one attached hydrogen (secondary N) is 2. The first kappa shape index (κ1) is 15.9. The van der Waals surface area contributed by atoms with Gasteiger partial charge in [0.05, 0.1) is 17.0 Å². The zero-order valence-corrected chi connectivity index (χ0v) is 13.8. The van der Waals surface area contributed by atoms with E-state index in [1.165, 1.54) is 0 Å². The van der Waals surface area contributed by atoms with Gasteiger partial charge in [0.2, 0.25) is 0 Å². The topological polar surface area (TPSA) is 73.7 Å². The van der Waals surface area contributed by atoms with Crippen LogP contribution in [0.25, 0.3) is 5.57 Å². The van der Waals surface area contributed by atoms with Gasteiger partial charge in [-0.3, -0.25) is 4.79 Å². The Balaban J connectivity index is 0.00000156. The third-order valence-corrected chi connectivity index (χ3v) is 4.25. The van der Waals surface area contributed by atoms with Crippen molar-refractivity contribution in [3.05, 3.63) is 63.8 Å². The summed E-state index contributed by atoms with van der Waals surface area (Å²) in [5, 5.41) is 18.8. The number of hydrogen-bond acceptors (Lipinski definition) is 4. The van der Waals surface area contributed by atoms with Gasteiger partial charge in [0, 0.05) is 40.1 Å². The Morgan fingerprint density at radius 3 is 2.57 bits per heavy atom. The fraction of sp³-hybridized carbons (Fsp3) is 0. The molecule has 0 saturated heterocycles. The van der Waals surface area contributed by atoms with Crippen molar-refractivity contribution < 1.29 is 10.0 Å². The van der Waals surface area contributed by atoms with Gasteiger partial charge in [-0.05, 0) is 18.2 Å². The average Bonchev–Trinajstić information content (AvgIpc) is 3.02. The number of oxime groups is 1. The molecule has 0 aliphatic carbocycles. The van der Waals surface area contributed by atoms with E-state index in [0.29, 0.717) is 17.0 Å². The number of halogens is 1. The Bertz CT molecular complexity index is 893. The molecule has 7 heteroatoms. The minimum Gasteiger partial charge on any atom is -0.410 e. The molecular weight excluding hydrogens is 353 g/mol. The van der Waals surface area contributed by atoms with E-state index >= 15 is 0 Å². The fourth-order valence-corrected chi connectivity index (χ4v) is 3.17. The van der Waals surface area contributed by atoms with Crippen molar-refractivity contribution >= 4 is 63.4 Å². The van der Waals surface area contributed by atoms with Crippen LogP contribution in [0, 0.1) is 0 Å². The van der Waals surface area contributed by atoms with Gasteiger partial charge in [0.25, 0.3) is 5.91 Å². The molecule has 109 valence electrons. The number of para-hydroxylation sites is 1. The molecule has 2 aliphatic rings. The van der Waals surface area contributed by atoms with E-state index in [1.54, 1.807) is 0 Å². The smallest absolute Gasteiger partial charge is 0.258 e. The summed E-state index contributed by atoms with van der Waals surface area (Å²) < 4.78 is 0.886. The summed E-state index contributed by atoms with van der Waals surface area (Å²) in [5.74, 6) is -0.218. The van der Waals surface area contributed by atoms with E-state index in [9.17, 15) is 10.0 Å². The van der Waals surface area contributed by atoms with Crippen LogP contribution in [0.15, 0.2) is 57.8 Å². The van der Waals surface area contributed by atoms with Gasteiger partial charge in [-0.1, -0.05) is 45.4 Å². The maximum absolute atomic E-state index is 12.4. The molecule has 0 unspecified atom stereocenters. The number of fused-ring (bicyclic) bond motifs is 2. The summed E-state index contributed by atoms with van der Waals surface area (Å²) in [5.41, 5.74) is 4.47. The number of carbonyl (C=O) groups is 1. The molecule has 0 spiro atoms. The van der Waals surface area contributed by atoms with E-state index in [-0.39, 0.29) is 24.8 Å². The molecule has 1 amide bonds. The van der Waals surface area contributed by atoms with Crippen LogP contribution < -0.4 is 10.6 Å². The maximum Gasteiger partial charge on any atom is 0.258 e. The molecule has 2 aromatic rings. The minimum absolute atomic E-state index is 0. The normalized spacial score (nSPS) is 19.7. The van der Waals surface area contributed by atoms with Crippen LogP contribution in [-0.2, 0) is 4.79 Å². The molecule has 5 nitrogen and oxygen atoms in total. The second kappa shape index (κ2) is 5.89. The Morgan fingerprint density at radius 2 is 1.78 bits per heavy atom. The molecule has 2 aromatic carbocycles. The molecule has 4 rings (SSSR count). The number of carbonyl (C=O) groups excluding carboxylic acids is 1. The molecule has 0 fully saturated rings. The van der Waals surface area contributed by atoms with Crippen molar-refractivity contribution in [2.24, 2.45) is 5.16 Å². The standard InChI is InChI=1S/C16H10BrN3O2.Li/c17-8-5-6-9-12(7-8)19-16(21)13(9)15-14(20-22)10-3-1-2-4-11(10)18-15;/h1-7,18,22H,(H,19,21);/b15-13-,20-14+;. The zero-order valence-electron chi connectivity index (χ0n) is 12.2. The van der Waals surface area contributed by atoms with Gasteiger partial charge in [0.15, 0.2) is 0 Å². The van der Waals surface area contributed by atoms with E-state index < -0.39 is 0 Å². The predicted molar refractivity (Wildman–Crippen MR) is 93.8 cm³/mol. The Labute approximate surface area is 152 Å². The first-order chi connectivity index (χ1) is 10.7. The van der Waals surface area contributed by atoms with Crippen LogP contribution in [0.1, 0.15) is 11.1 Å². The summed E-state index contributed by atoms with van der Waals surface area (Å²) in [7, 11) is 0. The molecule has 0 bridgehead atoms. The Morgan fingerprint density at radius 1 is 1.00 bits per heavy atom. The molecule has 23 heavy (non-hydrogen) atoms. The van der Waals surface area contributed by atoms with Gasteiger partial charge in [-0.2, -0.15) is 0 Å². The van der Waals surface area contributed by atoms with Crippen LogP contribution in [0.5, 0.6) is 0 Å². The number of amides is 1. The fourth-order valence-electron chi connectivity index (χ4n) is 2.81. The van der Waals surface area contributed by atoms with Crippen molar-refractivity contribution in [3.8, 4) is 0 Å². The molecule has 3 N–H and O–H groups in total. The molecule has 0 saturated carbocycles. The van der Waals surface area contributed by atoms with Gasteiger partial charge in [0.1, 0.15) is 5.71 Å². The number of anilines is 2. The summed E-state index contributed by atoms with van der Waals surface area (Å²) in [6.45, 7) is 0. The largest absolute Gasteiger partial charge is 0.410 e. The van der Waals surface area contributed by atoms with Crippen molar-refractivity contribution in [1.29, 1.82) is 0 Å². The second-order valence-corrected chi connectivity index (χ2v) is 5.93. The van der Waals surface area contributed by atoms with Crippen LogP contribution in [0.4, 0.5) is 11.4 Å². The van der Waals surface area contributed by atoms with Gasteiger partial charge < -0.3 is 15.8 Å². The van der Waals surface area contributed by atoms with Crippen molar-refractivity contribution in [2.75, 3.05) is 10.6 Å². The van der Waals surface area contributed by atoms with E-state index in [4.69, 9.17) is 0 Å². The number of benzene rings is 2. The first-order valence-electron chi connectivity index (χ1n) is 6.63. The van der Waals surface area contributed by atoms with Crippen molar-refractivity contribution in [1.82, 2.24) is 0 Å². The Kier molecular flexibility index (Phi) is 4.07.